The summed E-state index contributed by atoms with van der Waals surface area (Å²) in [5.74, 6) is 0.728. The van der Waals surface area contributed by atoms with Crippen molar-refractivity contribution in [3.63, 3.8) is 0 Å². The number of ether oxygens (including phenoxy) is 1. The van der Waals surface area contributed by atoms with Crippen molar-refractivity contribution >= 4 is 28.4 Å². The molecule has 2 aliphatic heterocycles. The first-order valence-corrected chi connectivity index (χ1v) is 12.0. The van der Waals surface area contributed by atoms with Gasteiger partial charge in [-0.15, -0.1) is 0 Å². The summed E-state index contributed by atoms with van der Waals surface area (Å²) in [4.78, 5) is 20.3. The quantitative estimate of drug-likeness (QED) is 0.390. The molecule has 2 aromatic heterocycles. The van der Waals surface area contributed by atoms with E-state index >= 15 is 0 Å². The number of benzene rings is 2. The number of amides is 1. The van der Waals surface area contributed by atoms with Crippen LogP contribution in [-0.2, 0) is 13.5 Å². The van der Waals surface area contributed by atoms with Gasteiger partial charge in [0, 0.05) is 41.4 Å². The van der Waals surface area contributed by atoms with Gasteiger partial charge < -0.3 is 9.64 Å². The number of aromatic nitrogens is 3. The Balaban J connectivity index is 1.40. The molecule has 1 amide bonds. The van der Waals surface area contributed by atoms with E-state index < -0.39 is 0 Å². The second-order valence-corrected chi connectivity index (χ2v) is 9.52. The summed E-state index contributed by atoms with van der Waals surface area (Å²) >= 11 is 6.44. The van der Waals surface area contributed by atoms with Crippen molar-refractivity contribution in [2.45, 2.75) is 37.8 Å². The fraction of sp³-hybridized carbons (Fsp3) is 0.296. The number of hydrogen-bond acceptors (Lipinski definition) is 4. The molecule has 0 spiro atoms. The zero-order valence-corrected chi connectivity index (χ0v) is 19.9. The minimum Gasteiger partial charge on any atom is -0.495 e. The van der Waals surface area contributed by atoms with Crippen molar-refractivity contribution in [1.82, 2.24) is 19.7 Å². The molecule has 4 aromatic rings. The third kappa shape index (κ3) is 3.28. The van der Waals surface area contributed by atoms with Crippen LogP contribution in [-0.4, -0.2) is 38.7 Å². The van der Waals surface area contributed by atoms with Crippen molar-refractivity contribution in [2.75, 3.05) is 7.11 Å². The van der Waals surface area contributed by atoms with Crippen LogP contribution in [0.4, 0.5) is 0 Å². The fourth-order valence-corrected chi connectivity index (χ4v) is 5.94. The van der Waals surface area contributed by atoms with E-state index in [-0.39, 0.29) is 18.0 Å². The monoisotopic (exact) mass is 472 g/mol. The second-order valence-electron chi connectivity index (χ2n) is 9.11. The molecule has 1 saturated heterocycles. The Morgan fingerprint density at radius 1 is 1.15 bits per heavy atom. The molecular weight excluding hydrogens is 448 g/mol. The molecule has 2 atom stereocenters. The molecule has 0 radical (unpaired) electrons. The van der Waals surface area contributed by atoms with Crippen molar-refractivity contribution < 1.29 is 9.53 Å². The molecule has 6 nitrogen and oxygen atoms in total. The van der Waals surface area contributed by atoms with Crippen LogP contribution in [0.25, 0.3) is 22.2 Å². The van der Waals surface area contributed by atoms with Crippen LogP contribution in [0.1, 0.15) is 46.9 Å². The number of halogens is 1. The van der Waals surface area contributed by atoms with Crippen molar-refractivity contribution in [3.8, 4) is 17.0 Å². The van der Waals surface area contributed by atoms with Crippen molar-refractivity contribution in [3.05, 3.63) is 76.6 Å². The van der Waals surface area contributed by atoms with Gasteiger partial charge in [0.1, 0.15) is 5.75 Å². The highest BCUT2D eigenvalue weighted by Crippen LogP contribution is 2.45. The highest BCUT2D eigenvalue weighted by molar-refractivity contribution is 6.32. The predicted octanol–water partition coefficient (Wildman–Crippen LogP) is 5.59. The van der Waals surface area contributed by atoms with E-state index in [1.54, 1.807) is 13.3 Å². The minimum absolute atomic E-state index is 0.0201. The van der Waals surface area contributed by atoms with Crippen LogP contribution in [0.5, 0.6) is 5.75 Å². The largest absolute Gasteiger partial charge is 0.495 e. The Morgan fingerprint density at radius 2 is 2.03 bits per heavy atom. The van der Waals surface area contributed by atoms with E-state index in [1.807, 2.05) is 60.3 Å². The van der Waals surface area contributed by atoms with Crippen LogP contribution < -0.4 is 4.74 Å². The van der Waals surface area contributed by atoms with Crippen molar-refractivity contribution in [2.24, 2.45) is 7.05 Å². The van der Waals surface area contributed by atoms with E-state index in [2.05, 4.69) is 9.88 Å². The maximum atomic E-state index is 13.8. The minimum atomic E-state index is -0.0201. The zero-order valence-electron chi connectivity index (χ0n) is 19.2. The first-order chi connectivity index (χ1) is 16.5. The first-order valence-electron chi connectivity index (χ1n) is 11.6. The molecule has 172 valence electrons. The third-order valence-electron chi connectivity index (χ3n) is 7.19. The average molecular weight is 473 g/mol. The summed E-state index contributed by atoms with van der Waals surface area (Å²) in [6.07, 6.45) is 5.58. The van der Waals surface area contributed by atoms with E-state index in [0.29, 0.717) is 16.3 Å². The average Bonchev–Trinajstić information content (AvgIpc) is 3.18. The van der Waals surface area contributed by atoms with Gasteiger partial charge in [-0.1, -0.05) is 17.7 Å². The molecule has 6 rings (SSSR count). The molecule has 2 aromatic carbocycles. The van der Waals surface area contributed by atoms with Gasteiger partial charge in [0.2, 0.25) is 0 Å². The molecule has 4 heterocycles. The van der Waals surface area contributed by atoms with Gasteiger partial charge in [-0.3, -0.25) is 14.5 Å². The summed E-state index contributed by atoms with van der Waals surface area (Å²) in [5, 5.41) is 6.49. The van der Waals surface area contributed by atoms with Crippen LogP contribution in [0.3, 0.4) is 0 Å². The Labute approximate surface area is 203 Å². The molecule has 2 bridgehead atoms. The smallest absolute Gasteiger partial charge is 0.254 e. The van der Waals surface area contributed by atoms with Crippen LogP contribution in [0.2, 0.25) is 5.02 Å². The van der Waals surface area contributed by atoms with Crippen LogP contribution in [0, 0.1) is 0 Å². The maximum absolute atomic E-state index is 13.8. The first kappa shape index (κ1) is 21.2. The van der Waals surface area contributed by atoms with E-state index in [4.69, 9.17) is 21.4 Å². The number of rotatable bonds is 3. The van der Waals surface area contributed by atoms with Gasteiger partial charge in [-0.2, -0.15) is 5.10 Å². The Kier molecular flexibility index (Phi) is 5.06. The lowest BCUT2D eigenvalue weighted by molar-refractivity contribution is 0.0392. The third-order valence-corrected chi connectivity index (χ3v) is 7.48. The Bertz CT molecular complexity index is 1430. The summed E-state index contributed by atoms with van der Waals surface area (Å²) in [6.45, 7) is 0. The predicted molar refractivity (Wildman–Crippen MR) is 132 cm³/mol. The molecule has 34 heavy (non-hydrogen) atoms. The van der Waals surface area contributed by atoms with Gasteiger partial charge in [0.05, 0.1) is 35.1 Å². The number of pyridine rings is 1. The molecule has 0 unspecified atom stereocenters. The van der Waals surface area contributed by atoms with Gasteiger partial charge in [-0.25, -0.2) is 0 Å². The summed E-state index contributed by atoms with van der Waals surface area (Å²) in [7, 11) is 3.59. The lowest BCUT2D eigenvalue weighted by Gasteiger charge is -2.45. The van der Waals surface area contributed by atoms with Gasteiger partial charge in [0.25, 0.3) is 5.91 Å². The number of carbonyl (C=O) groups is 1. The number of nitrogens with zero attached hydrogens (tertiary/aromatic N) is 4. The Hall–Kier alpha value is -3.38. The van der Waals surface area contributed by atoms with Gasteiger partial charge in [-0.05, 0) is 68.1 Å². The number of methoxy groups -OCH3 is 1. The molecular formula is C27H25ClN4O2. The summed E-state index contributed by atoms with van der Waals surface area (Å²) < 4.78 is 7.27. The topological polar surface area (TPSA) is 60.2 Å². The standard InChI is InChI=1S/C27H25ClN4O2/c1-31-26(17-9-11-24(34-2)21(28)14-17)20-15-19-6-3-7-23(25(20)30-31)32(19)27(33)18-8-10-22-16(13-18)5-4-12-29-22/h4-5,8-14,19,23H,3,6-7,15H2,1-2H3/t19-,23+/m1/s1. The van der Waals surface area contributed by atoms with Crippen LogP contribution in [0.15, 0.2) is 54.7 Å². The maximum Gasteiger partial charge on any atom is 0.254 e. The van der Waals surface area contributed by atoms with Crippen LogP contribution >= 0.6 is 11.6 Å². The second kappa shape index (κ2) is 8.13. The van der Waals surface area contributed by atoms with E-state index in [1.165, 1.54) is 5.56 Å². The lowest BCUT2D eigenvalue weighted by atomic mass is 9.81. The number of piperidine rings is 1. The number of fused-ring (bicyclic) bond motifs is 5. The molecule has 0 saturated carbocycles. The van der Waals surface area contributed by atoms with Crippen molar-refractivity contribution in [1.29, 1.82) is 0 Å². The zero-order chi connectivity index (χ0) is 23.4. The normalized spacial score (nSPS) is 19.2. The van der Waals surface area contributed by atoms with E-state index in [0.717, 1.165) is 53.5 Å². The fourth-order valence-electron chi connectivity index (χ4n) is 5.68. The highest BCUT2D eigenvalue weighted by Gasteiger charge is 2.43. The number of carbonyl (C=O) groups excluding carboxylic acids is 1. The number of hydrogen-bond donors (Lipinski definition) is 0. The van der Waals surface area contributed by atoms with E-state index in [9.17, 15) is 4.79 Å². The molecule has 0 N–H and O–H groups in total. The molecule has 0 aliphatic carbocycles. The SMILES string of the molecule is COc1ccc(-c2c3c(nn2C)[C@@H]2CCC[C@H](C3)N2C(=O)c2ccc3ncccc3c2)cc1Cl. The molecule has 7 heteroatoms. The molecule has 1 fully saturated rings. The Morgan fingerprint density at radius 3 is 2.85 bits per heavy atom. The van der Waals surface area contributed by atoms with Gasteiger partial charge in [0.15, 0.2) is 0 Å². The lowest BCUT2D eigenvalue weighted by Crippen LogP contribution is -2.49. The summed E-state index contributed by atoms with van der Waals surface area (Å²) in [6, 6.07) is 15.7. The molecule has 2 aliphatic rings. The summed E-state index contributed by atoms with van der Waals surface area (Å²) in [5.41, 5.74) is 5.93. The highest BCUT2D eigenvalue weighted by atomic mass is 35.5. The van der Waals surface area contributed by atoms with Gasteiger partial charge >= 0.3 is 0 Å². The number of aryl methyl sites for hydroxylation is 1.